The Morgan fingerprint density at radius 3 is 1.43 bits per heavy atom. The molecular weight excluding hydrogens is 384 g/mol. The number of hydrogen-bond donors (Lipinski definition) is 1. The minimum Gasteiger partial charge on any atom is -0.478 e. The van der Waals surface area contributed by atoms with Crippen molar-refractivity contribution >= 4 is 35.8 Å². The highest BCUT2D eigenvalue weighted by Crippen LogP contribution is 2.20. The Morgan fingerprint density at radius 2 is 1.07 bits per heavy atom. The number of esters is 5. The molecule has 0 aromatic heterocycles. The van der Waals surface area contributed by atoms with Gasteiger partial charge in [0, 0.05) is 34.6 Å². The van der Waals surface area contributed by atoms with Gasteiger partial charge in [0.25, 0.3) is 0 Å². The average Bonchev–Trinajstić information content (AvgIpc) is 2.51. The van der Waals surface area contributed by atoms with Crippen LogP contribution in [0.15, 0.2) is 0 Å². The molecule has 0 saturated carbocycles. The Morgan fingerprint density at radius 1 is 0.643 bits per heavy atom. The monoisotopic (exact) mass is 406 g/mol. The summed E-state index contributed by atoms with van der Waals surface area (Å²) in [6, 6.07) is 0. The maximum Gasteiger partial charge on any atom is 0.349 e. The van der Waals surface area contributed by atoms with Crippen LogP contribution in [-0.2, 0) is 52.5 Å². The highest BCUT2D eigenvalue weighted by molar-refractivity contribution is 5.78. The zero-order valence-corrected chi connectivity index (χ0v) is 16.0. The molecule has 0 aliphatic heterocycles. The van der Waals surface area contributed by atoms with Gasteiger partial charge < -0.3 is 28.8 Å². The van der Waals surface area contributed by atoms with E-state index >= 15 is 0 Å². The van der Waals surface area contributed by atoms with Gasteiger partial charge in [0.05, 0.1) is 0 Å². The van der Waals surface area contributed by atoms with Crippen molar-refractivity contribution in [3.63, 3.8) is 0 Å². The number of carbonyl (C=O) groups excluding carboxylic acids is 5. The van der Waals surface area contributed by atoms with Crippen LogP contribution in [0.25, 0.3) is 0 Å². The zero-order valence-electron chi connectivity index (χ0n) is 16.0. The molecule has 0 fully saturated rings. The van der Waals surface area contributed by atoms with Crippen LogP contribution in [0.3, 0.4) is 0 Å². The van der Waals surface area contributed by atoms with E-state index in [9.17, 15) is 33.9 Å². The molecular formula is C16H22O12. The van der Waals surface area contributed by atoms with Crippen LogP contribution in [0, 0.1) is 0 Å². The van der Waals surface area contributed by atoms with E-state index in [-0.39, 0.29) is 0 Å². The van der Waals surface area contributed by atoms with Crippen LogP contribution in [0.5, 0.6) is 0 Å². The molecule has 0 aliphatic carbocycles. The molecule has 0 radical (unpaired) electrons. The van der Waals surface area contributed by atoms with Gasteiger partial charge >= 0.3 is 35.8 Å². The van der Waals surface area contributed by atoms with Crippen LogP contribution in [0.4, 0.5) is 0 Å². The Kier molecular flexibility index (Phi) is 10.2. The predicted octanol–water partition coefficient (Wildman–Crippen LogP) is -0.639. The molecule has 0 aromatic rings. The molecule has 0 aromatic carbocycles. The zero-order chi connectivity index (χ0) is 22.0. The number of carbonyl (C=O) groups is 6. The summed E-state index contributed by atoms with van der Waals surface area (Å²) in [6.07, 6.45) is -7.36. The second-order valence-electron chi connectivity index (χ2n) is 5.47. The molecule has 0 bridgehead atoms. The summed E-state index contributed by atoms with van der Waals surface area (Å²) in [5, 5.41) is 9.37. The van der Waals surface area contributed by atoms with Crippen LogP contribution in [0.2, 0.25) is 0 Å². The van der Waals surface area contributed by atoms with Gasteiger partial charge in [-0.05, 0) is 0 Å². The summed E-state index contributed by atoms with van der Waals surface area (Å²) in [6.45, 7) is 4.18. The molecule has 0 aliphatic rings. The van der Waals surface area contributed by atoms with Crippen molar-refractivity contribution in [2.75, 3.05) is 6.61 Å². The summed E-state index contributed by atoms with van der Waals surface area (Å²) < 4.78 is 24.2. The molecule has 0 heterocycles. The Labute approximate surface area is 160 Å². The van der Waals surface area contributed by atoms with E-state index in [1.807, 2.05) is 0 Å². The van der Waals surface area contributed by atoms with Gasteiger partial charge in [0.2, 0.25) is 6.10 Å². The second-order valence-corrected chi connectivity index (χ2v) is 5.47. The Bertz CT molecular complexity index is 625. The lowest BCUT2D eigenvalue weighted by atomic mass is 10.0. The van der Waals surface area contributed by atoms with E-state index in [0.717, 1.165) is 34.6 Å². The van der Waals surface area contributed by atoms with Crippen LogP contribution < -0.4 is 0 Å². The summed E-state index contributed by atoms with van der Waals surface area (Å²) in [4.78, 5) is 68.3. The Hall–Kier alpha value is -3.18. The first kappa shape index (κ1) is 24.8. The minimum absolute atomic E-state index is 0.656. The van der Waals surface area contributed by atoms with Gasteiger partial charge in [-0.15, -0.1) is 0 Å². The highest BCUT2D eigenvalue weighted by atomic mass is 16.6. The van der Waals surface area contributed by atoms with Gasteiger partial charge in [0.1, 0.15) is 6.61 Å². The maximum atomic E-state index is 11.6. The third-order valence-electron chi connectivity index (χ3n) is 2.90. The molecule has 12 nitrogen and oxygen atoms in total. The molecule has 0 rings (SSSR count). The third kappa shape index (κ3) is 9.50. The van der Waals surface area contributed by atoms with Crippen LogP contribution in [0.1, 0.15) is 34.6 Å². The number of carboxylic acids is 1. The van der Waals surface area contributed by atoms with Crippen LogP contribution >= 0.6 is 0 Å². The molecule has 28 heavy (non-hydrogen) atoms. The van der Waals surface area contributed by atoms with Gasteiger partial charge in [-0.2, -0.15) is 0 Å². The normalized spacial score (nSPS) is 14.5. The van der Waals surface area contributed by atoms with Crippen molar-refractivity contribution < 1.29 is 57.6 Å². The SMILES string of the molecule is CC(=O)OC[C@@H](OC(C)=O)[C@H](OC(C)=O)[C@H](OC(C)=O)[C@@H](OC(C)=O)C(=O)O. The van der Waals surface area contributed by atoms with Crippen molar-refractivity contribution in [1.29, 1.82) is 0 Å². The lowest BCUT2D eigenvalue weighted by Gasteiger charge is -2.33. The first-order valence-electron chi connectivity index (χ1n) is 7.90. The molecule has 4 atom stereocenters. The number of hydrogen-bond acceptors (Lipinski definition) is 11. The maximum absolute atomic E-state index is 11.6. The van der Waals surface area contributed by atoms with E-state index in [0.29, 0.717) is 0 Å². The molecule has 0 spiro atoms. The Balaban J connectivity index is 6.18. The quantitative estimate of drug-likeness (QED) is 0.360. The van der Waals surface area contributed by atoms with Crippen molar-refractivity contribution in [2.24, 2.45) is 0 Å². The lowest BCUT2D eigenvalue weighted by molar-refractivity contribution is -0.206. The van der Waals surface area contributed by atoms with E-state index < -0.39 is 66.8 Å². The van der Waals surface area contributed by atoms with Crippen LogP contribution in [-0.4, -0.2) is 71.9 Å². The summed E-state index contributed by atoms with van der Waals surface area (Å²) in [5.74, 6) is -6.40. The van der Waals surface area contributed by atoms with Crippen molar-refractivity contribution in [3.8, 4) is 0 Å². The smallest absolute Gasteiger partial charge is 0.349 e. The van der Waals surface area contributed by atoms with E-state index in [1.165, 1.54) is 0 Å². The number of carboxylic acid groups (broad SMARTS) is 1. The fourth-order valence-electron chi connectivity index (χ4n) is 2.08. The largest absolute Gasteiger partial charge is 0.478 e. The molecule has 158 valence electrons. The average molecular weight is 406 g/mol. The molecule has 1 N–H and O–H groups in total. The second kappa shape index (κ2) is 11.5. The number of rotatable bonds is 10. The molecule has 0 unspecified atom stereocenters. The number of aliphatic carboxylic acids is 1. The van der Waals surface area contributed by atoms with Crippen molar-refractivity contribution in [2.45, 2.75) is 59.0 Å². The fourth-order valence-corrected chi connectivity index (χ4v) is 2.08. The third-order valence-corrected chi connectivity index (χ3v) is 2.90. The van der Waals surface area contributed by atoms with Crippen molar-refractivity contribution in [3.05, 3.63) is 0 Å². The highest BCUT2D eigenvalue weighted by Gasteiger charge is 2.47. The fraction of sp³-hybridized carbons (Fsp3) is 0.625. The van der Waals surface area contributed by atoms with E-state index in [4.69, 9.17) is 18.9 Å². The number of ether oxygens (including phenoxy) is 5. The molecule has 12 heteroatoms. The predicted molar refractivity (Wildman–Crippen MR) is 86.5 cm³/mol. The molecule has 0 saturated heterocycles. The van der Waals surface area contributed by atoms with E-state index in [2.05, 4.69) is 4.74 Å². The van der Waals surface area contributed by atoms with E-state index in [1.54, 1.807) is 0 Å². The van der Waals surface area contributed by atoms with Gasteiger partial charge in [-0.3, -0.25) is 24.0 Å². The lowest BCUT2D eigenvalue weighted by Crippen LogP contribution is -2.55. The van der Waals surface area contributed by atoms with Crippen molar-refractivity contribution in [1.82, 2.24) is 0 Å². The minimum atomic E-state index is -2.11. The first-order chi connectivity index (χ1) is 12.8. The topological polar surface area (TPSA) is 169 Å². The van der Waals surface area contributed by atoms with Gasteiger partial charge in [-0.25, -0.2) is 4.79 Å². The molecule has 0 amide bonds. The van der Waals surface area contributed by atoms with Gasteiger partial charge in [0.15, 0.2) is 18.3 Å². The van der Waals surface area contributed by atoms with Gasteiger partial charge in [-0.1, -0.05) is 0 Å². The summed E-state index contributed by atoms with van der Waals surface area (Å²) in [5.41, 5.74) is 0. The summed E-state index contributed by atoms with van der Waals surface area (Å²) >= 11 is 0. The first-order valence-corrected chi connectivity index (χ1v) is 7.90. The standard InChI is InChI=1S/C16H22O12/c1-7(17)24-6-12(25-8(2)18)13(26-9(3)19)14(27-10(4)20)15(16(22)23)28-11(5)21/h12-15H,6H2,1-5H3,(H,22,23)/t12-,13+,14+,15-/m1/s1. The summed E-state index contributed by atoms with van der Waals surface area (Å²) in [7, 11) is 0.